The van der Waals surface area contributed by atoms with Gasteiger partial charge < -0.3 is 14.5 Å². The van der Waals surface area contributed by atoms with Crippen molar-refractivity contribution in [3.8, 4) is 0 Å². The summed E-state index contributed by atoms with van der Waals surface area (Å²) in [5.74, 6) is -0.219. The molecule has 6 heteroatoms. The number of rotatable bonds is 3. The van der Waals surface area contributed by atoms with Crippen LogP contribution in [0, 0.1) is 6.92 Å². The van der Waals surface area contributed by atoms with Crippen molar-refractivity contribution in [3.05, 3.63) is 68.7 Å². The van der Waals surface area contributed by atoms with E-state index in [2.05, 4.69) is 5.32 Å². The normalized spacial score (nSPS) is 15.6. The average Bonchev–Trinajstić information content (AvgIpc) is 2.94. The van der Waals surface area contributed by atoms with Crippen molar-refractivity contribution in [3.63, 3.8) is 0 Å². The molecule has 1 aromatic carbocycles. The molecule has 1 N–H and O–H groups in total. The van der Waals surface area contributed by atoms with Crippen molar-refractivity contribution < 1.29 is 4.79 Å². The lowest BCUT2D eigenvalue weighted by Gasteiger charge is -2.43. The standard InChI is InChI=1S/C21H22ClN3O2/c1-13-11-25(3)20(27)17-16(12-24(2)18(13)17)19(26)23-21(8-5-9-21)14-6-4-7-15(22)10-14/h4,6-7,10-12H,5,8-9H2,1-3H3,(H,23,26). The number of aromatic nitrogens is 2. The van der Waals surface area contributed by atoms with Gasteiger partial charge in [0.2, 0.25) is 0 Å². The Labute approximate surface area is 162 Å². The molecule has 0 radical (unpaired) electrons. The minimum absolute atomic E-state index is 0.160. The van der Waals surface area contributed by atoms with Crippen LogP contribution in [0.1, 0.15) is 40.7 Å². The first-order chi connectivity index (χ1) is 12.8. The Morgan fingerprint density at radius 3 is 2.56 bits per heavy atom. The van der Waals surface area contributed by atoms with Crippen molar-refractivity contribution >= 4 is 28.4 Å². The molecule has 0 bridgehead atoms. The number of hydrogen-bond acceptors (Lipinski definition) is 2. The summed E-state index contributed by atoms with van der Waals surface area (Å²) < 4.78 is 3.39. The molecule has 140 valence electrons. The van der Waals surface area contributed by atoms with Crippen molar-refractivity contribution in [2.45, 2.75) is 31.7 Å². The molecule has 5 nitrogen and oxygen atoms in total. The van der Waals surface area contributed by atoms with Gasteiger partial charge in [0, 0.05) is 31.5 Å². The molecule has 0 unspecified atom stereocenters. The first-order valence-electron chi connectivity index (χ1n) is 9.06. The van der Waals surface area contributed by atoms with Crippen molar-refractivity contribution in [1.29, 1.82) is 0 Å². The molecule has 2 aromatic heterocycles. The highest BCUT2D eigenvalue weighted by molar-refractivity contribution is 6.30. The Morgan fingerprint density at radius 2 is 1.93 bits per heavy atom. The van der Waals surface area contributed by atoms with Crippen LogP contribution in [0.25, 0.3) is 10.9 Å². The molecule has 0 spiro atoms. The minimum Gasteiger partial charge on any atom is -0.349 e. The molecule has 0 atom stereocenters. The molecule has 1 aliphatic rings. The van der Waals surface area contributed by atoms with E-state index in [9.17, 15) is 9.59 Å². The summed E-state index contributed by atoms with van der Waals surface area (Å²) in [7, 11) is 3.57. The van der Waals surface area contributed by atoms with Crippen LogP contribution in [0.4, 0.5) is 0 Å². The highest BCUT2D eigenvalue weighted by Gasteiger charge is 2.40. The van der Waals surface area contributed by atoms with Crippen LogP contribution in [0.5, 0.6) is 0 Å². The van der Waals surface area contributed by atoms with Gasteiger partial charge in [-0.15, -0.1) is 0 Å². The number of aryl methyl sites for hydroxylation is 3. The minimum atomic E-state index is -0.417. The van der Waals surface area contributed by atoms with Crippen molar-refractivity contribution in [2.24, 2.45) is 14.1 Å². The maximum absolute atomic E-state index is 13.2. The highest BCUT2D eigenvalue weighted by Crippen LogP contribution is 2.42. The smallest absolute Gasteiger partial charge is 0.260 e. The number of carbonyl (C=O) groups is 1. The van der Waals surface area contributed by atoms with Gasteiger partial charge in [-0.1, -0.05) is 23.7 Å². The molecule has 0 aliphatic heterocycles. The zero-order valence-electron chi connectivity index (χ0n) is 15.7. The summed E-state index contributed by atoms with van der Waals surface area (Å²) in [5, 5.41) is 4.33. The fourth-order valence-electron chi connectivity index (χ4n) is 4.16. The van der Waals surface area contributed by atoms with Crippen LogP contribution < -0.4 is 10.9 Å². The third kappa shape index (κ3) is 2.77. The van der Waals surface area contributed by atoms with E-state index in [-0.39, 0.29) is 11.5 Å². The molecule has 3 aromatic rings. The molecular weight excluding hydrogens is 362 g/mol. The summed E-state index contributed by atoms with van der Waals surface area (Å²) in [6, 6.07) is 7.64. The fourth-order valence-corrected chi connectivity index (χ4v) is 4.35. The maximum Gasteiger partial charge on any atom is 0.260 e. The summed E-state index contributed by atoms with van der Waals surface area (Å²) in [5.41, 5.74) is 2.62. The van der Waals surface area contributed by atoms with Crippen LogP contribution in [-0.2, 0) is 19.6 Å². The summed E-state index contributed by atoms with van der Waals surface area (Å²) in [6.45, 7) is 1.95. The number of carbonyl (C=O) groups excluding carboxylic acids is 1. The van der Waals surface area contributed by atoms with Gasteiger partial charge in [0.05, 0.1) is 22.0 Å². The second-order valence-electron chi connectivity index (χ2n) is 7.51. The first kappa shape index (κ1) is 17.9. The summed E-state index contributed by atoms with van der Waals surface area (Å²) in [4.78, 5) is 25.9. The molecule has 1 aliphatic carbocycles. The third-order valence-electron chi connectivity index (χ3n) is 5.66. The van der Waals surface area contributed by atoms with Gasteiger partial charge in [-0.3, -0.25) is 9.59 Å². The van der Waals surface area contributed by atoms with E-state index in [4.69, 9.17) is 11.6 Å². The monoisotopic (exact) mass is 383 g/mol. The van der Waals surface area contributed by atoms with E-state index in [1.54, 1.807) is 19.4 Å². The summed E-state index contributed by atoms with van der Waals surface area (Å²) >= 11 is 6.16. The Hall–Kier alpha value is -2.53. The zero-order chi connectivity index (χ0) is 19.3. The molecule has 0 saturated heterocycles. The van der Waals surface area contributed by atoms with Gasteiger partial charge >= 0.3 is 0 Å². The zero-order valence-corrected chi connectivity index (χ0v) is 16.4. The number of amides is 1. The average molecular weight is 384 g/mol. The highest BCUT2D eigenvalue weighted by atomic mass is 35.5. The van der Waals surface area contributed by atoms with Crippen LogP contribution >= 0.6 is 11.6 Å². The summed E-state index contributed by atoms with van der Waals surface area (Å²) in [6.07, 6.45) is 6.31. The number of nitrogens with zero attached hydrogens (tertiary/aromatic N) is 2. The predicted octanol–water partition coefficient (Wildman–Crippen LogP) is 3.65. The Morgan fingerprint density at radius 1 is 1.19 bits per heavy atom. The quantitative estimate of drug-likeness (QED) is 0.750. The SMILES string of the molecule is Cc1cn(C)c(=O)c2c(C(=O)NC3(c4cccc(Cl)c4)CCC3)cn(C)c12. The third-order valence-corrected chi connectivity index (χ3v) is 5.89. The number of benzene rings is 1. The van der Waals surface area contributed by atoms with E-state index in [0.717, 1.165) is 35.9 Å². The van der Waals surface area contributed by atoms with E-state index in [0.29, 0.717) is 16.0 Å². The van der Waals surface area contributed by atoms with E-state index in [1.165, 1.54) is 4.57 Å². The fraction of sp³-hybridized carbons (Fsp3) is 0.333. The lowest BCUT2D eigenvalue weighted by molar-refractivity contribution is 0.0825. The molecule has 2 heterocycles. The van der Waals surface area contributed by atoms with E-state index < -0.39 is 5.54 Å². The molecular formula is C21H22ClN3O2. The van der Waals surface area contributed by atoms with Gasteiger partial charge in [-0.25, -0.2) is 0 Å². The molecule has 27 heavy (non-hydrogen) atoms. The molecule has 1 saturated carbocycles. The molecule has 1 fully saturated rings. The predicted molar refractivity (Wildman–Crippen MR) is 107 cm³/mol. The molecule has 1 amide bonds. The van der Waals surface area contributed by atoms with Gasteiger partial charge in [0.1, 0.15) is 0 Å². The van der Waals surface area contributed by atoms with Crippen LogP contribution in [0.3, 0.4) is 0 Å². The van der Waals surface area contributed by atoms with Gasteiger partial charge in [0.15, 0.2) is 0 Å². The topological polar surface area (TPSA) is 56.0 Å². The maximum atomic E-state index is 13.2. The lowest BCUT2D eigenvalue weighted by atomic mass is 9.71. The van der Waals surface area contributed by atoms with E-state index in [1.807, 2.05) is 42.8 Å². The van der Waals surface area contributed by atoms with Gasteiger partial charge in [0.25, 0.3) is 11.5 Å². The lowest BCUT2D eigenvalue weighted by Crippen LogP contribution is -2.50. The van der Waals surface area contributed by atoms with Gasteiger partial charge in [-0.05, 0) is 49.4 Å². The molecule has 4 rings (SSSR count). The second-order valence-corrected chi connectivity index (χ2v) is 7.94. The number of pyridine rings is 1. The number of hydrogen-bond donors (Lipinski definition) is 1. The van der Waals surface area contributed by atoms with Crippen molar-refractivity contribution in [2.75, 3.05) is 0 Å². The first-order valence-corrected chi connectivity index (χ1v) is 9.44. The largest absolute Gasteiger partial charge is 0.349 e. The number of fused-ring (bicyclic) bond motifs is 1. The Bertz CT molecular complexity index is 1120. The Kier molecular flexibility index (Phi) is 4.15. The van der Waals surface area contributed by atoms with Crippen molar-refractivity contribution in [1.82, 2.24) is 14.5 Å². The van der Waals surface area contributed by atoms with Crippen LogP contribution in [-0.4, -0.2) is 15.0 Å². The van der Waals surface area contributed by atoms with E-state index >= 15 is 0 Å². The number of nitrogens with one attached hydrogen (secondary N) is 1. The van der Waals surface area contributed by atoms with Crippen LogP contribution in [0.2, 0.25) is 5.02 Å². The van der Waals surface area contributed by atoms with Crippen LogP contribution in [0.15, 0.2) is 41.5 Å². The van der Waals surface area contributed by atoms with Gasteiger partial charge in [-0.2, -0.15) is 0 Å². The number of halogens is 1. The Balaban J connectivity index is 1.79. The second kappa shape index (κ2) is 6.27.